The lowest BCUT2D eigenvalue weighted by Crippen LogP contribution is -2.24. The normalized spacial score (nSPS) is 16.0. The summed E-state index contributed by atoms with van der Waals surface area (Å²) >= 11 is 1.72. The number of phenolic OH excluding ortho intramolecular Hbond substituents is 1. The number of para-hydroxylation sites is 1. The minimum absolute atomic E-state index is 0.121. The standard InChI is InChI=1S/C24H24FNO3S/c1-28-19-9-10-20-23(14-19)30-22(16-5-3-7-18(25)13-16)11-12-26(20)15-17-6-4-8-21(29-2)24(17)27/h3-10,13-14,22,27H,11-12,15H2,1-2H3/t22-/m1/s1. The van der Waals surface area contributed by atoms with Crippen LogP contribution in [0.1, 0.15) is 22.8 Å². The van der Waals surface area contributed by atoms with Crippen LogP contribution in [0.2, 0.25) is 0 Å². The van der Waals surface area contributed by atoms with Crippen LogP contribution in [0.15, 0.2) is 65.6 Å². The first-order chi connectivity index (χ1) is 14.6. The summed E-state index contributed by atoms with van der Waals surface area (Å²) in [6.07, 6.45) is 0.843. The fraction of sp³-hybridized carbons (Fsp3) is 0.250. The molecule has 1 aliphatic rings. The Labute approximate surface area is 180 Å². The van der Waals surface area contributed by atoms with Gasteiger partial charge < -0.3 is 19.5 Å². The third-order valence-corrected chi connectivity index (χ3v) is 6.70. The number of nitrogens with zero attached hydrogens (tertiary/aromatic N) is 1. The fourth-order valence-electron chi connectivity index (χ4n) is 3.75. The molecule has 0 aliphatic carbocycles. The summed E-state index contributed by atoms with van der Waals surface area (Å²) in [6, 6.07) is 18.4. The van der Waals surface area contributed by atoms with Gasteiger partial charge in [0.1, 0.15) is 11.6 Å². The maximum absolute atomic E-state index is 13.8. The van der Waals surface area contributed by atoms with Crippen molar-refractivity contribution in [2.24, 2.45) is 0 Å². The lowest BCUT2D eigenvalue weighted by atomic mass is 10.1. The highest BCUT2D eigenvalue weighted by Gasteiger charge is 2.25. The molecule has 1 atom stereocenters. The van der Waals surface area contributed by atoms with Crippen molar-refractivity contribution in [3.8, 4) is 17.2 Å². The second-order valence-corrected chi connectivity index (χ2v) is 8.42. The fourth-order valence-corrected chi connectivity index (χ4v) is 5.07. The molecule has 0 bridgehead atoms. The molecule has 3 aromatic rings. The Hall–Kier alpha value is -2.86. The van der Waals surface area contributed by atoms with Gasteiger partial charge in [0.05, 0.1) is 19.9 Å². The van der Waals surface area contributed by atoms with E-state index >= 15 is 0 Å². The summed E-state index contributed by atoms with van der Waals surface area (Å²) in [5.74, 6) is 1.18. The zero-order valence-corrected chi connectivity index (χ0v) is 17.8. The molecule has 4 nitrogen and oxygen atoms in total. The molecule has 0 aromatic heterocycles. The van der Waals surface area contributed by atoms with Gasteiger partial charge in [-0.3, -0.25) is 0 Å². The Morgan fingerprint density at radius 1 is 1.07 bits per heavy atom. The van der Waals surface area contributed by atoms with E-state index in [1.807, 2.05) is 36.4 Å². The van der Waals surface area contributed by atoms with E-state index in [-0.39, 0.29) is 16.8 Å². The maximum Gasteiger partial charge on any atom is 0.162 e. The summed E-state index contributed by atoms with van der Waals surface area (Å²) in [7, 11) is 3.20. The highest BCUT2D eigenvalue weighted by molar-refractivity contribution is 7.99. The summed E-state index contributed by atoms with van der Waals surface area (Å²) in [5, 5.41) is 10.7. The predicted molar refractivity (Wildman–Crippen MR) is 118 cm³/mol. The van der Waals surface area contributed by atoms with E-state index < -0.39 is 0 Å². The van der Waals surface area contributed by atoms with Gasteiger partial charge in [0.15, 0.2) is 11.5 Å². The minimum Gasteiger partial charge on any atom is -0.504 e. The van der Waals surface area contributed by atoms with Gasteiger partial charge in [0.2, 0.25) is 0 Å². The lowest BCUT2D eigenvalue weighted by molar-refractivity contribution is 0.370. The van der Waals surface area contributed by atoms with Gasteiger partial charge in [-0.1, -0.05) is 24.3 Å². The molecule has 0 spiro atoms. The number of hydrogen-bond acceptors (Lipinski definition) is 5. The van der Waals surface area contributed by atoms with Gasteiger partial charge >= 0.3 is 0 Å². The Morgan fingerprint density at radius 2 is 1.90 bits per heavy atom. The monoisotopic (exact) mass is 425 g/mol. The van der Waals surface area contributed by atoms with Gasteiger partial charge in [-0.25, -0.2) is 4.39 Å². The summed E-state index contributed by atoms with van der Waals surface area (Å²) in [5.41, 5.74) is 2.84. The van der Waals surface area contributed by atoms with Crippen LogP contribution in [-0.4, -0.2) is 25.9 Å². The van der Waals surface area contributed by atoms with Gasteiger partial charge in [-0.15, -0.1) is 11.8 Å². The van der Waals surface area contributed by atoms with Crippen molar-refractivity contribution in [1.82, 2.24) is 0 Å². The molecular weight excluding hydrogens is 401 g/mol. The van der Waals surface area contributed by atoms with Crippen LogP contribution in [0.5, 0.6) is 17.2 Å². The molecule has 30 heavy (non-hydrogen) atoms. The van der Waals surface area contributed by atoms with Crippen LogP contribution in [0, 0.1) is 5.82 Å². The molecule has 0 unspecified atom stereocenters. The van der Waals surface area contributed by atoms with Gasteiger partial charge in [-0.2, -0.15) is 0 Å². The van der Waals surface area contributed by atoms with E-state index in [2.05, 4.69) is 4.90 Å². The van der Waals surface area contributed by atoms with Crippen molar-refractivity contribution in [3.63, 3.8) is 0 Å². The summed E-state index contributed by atoms with van der Waals surface area (Å²) in [4.78, 5) is 3.32. The number of halogens is 1. The molecule has 1 N–H and O–H groups in total. The number of methoxy groups -OCH3 is 2. The number of hydrogen-bond donors (Lipinski definition) is 1. The highest BCUT2D eigenvalue weighted by atomic mass is 32.2. The van der Waals surface area contributed by atoms with Gasteiger partial charge in [0.25, 0.3) is 0 Å². The molecule has 0 radical (unpaired) electrons. The third-order valence-electron chi connectivity index (χ3n) is 5.32. The first-order valence-electron chi connectivity index (χ1n) is 9.79. The number of rotatable bonds is 5. The molecule has 1 heterocycles. The average Bonchev–Trinajstić information content (AvgIpc) is 2.94. The highest BCUT2D eigenvalue weighted by Crippen LogP contribution is 2.47. The molecule has 0 fully saturated rings. The van der Waals surface area contributed by atoms with E-state index in [9.17, 15) is 9.50 Å². The molecule has 0 saturated heterocycles. The van der Waals surface area contributed by atoms with Crippen LogP contribution in [0.4, 0.5) is 10.1 Å². The van der Waals surface area contributed by atoms with Gasteiger partial charge in [0, 0.05) is 28.8 Å². The van der Waals surface area contributed by atoms with Crippen LogP contribution in [-0.2, 0) is 6.54 Å². The lowest BCUT2D eigenvalue weighted by Gasteiger charge is -2.25. The number of ether oxygens (including phenoxy) is 2. The Bertz CT molecular complexity index is 1040. The quantitative estimate of drug-likeness (QED) is 0.560. The first-order valence-corrected chi connectivity index (χ1v) is 10.7. The average molecular weight is 426 g/mol. The minimum atomic E-state index is -0.221. The SMILES string of the molecule is COc1ccc2c(c1)S[C@@H](c1cccc(F)c1)CCN2Cc1cccc(OC)c1O. The largest absolute Gasteiger partial charge is 0.504 e. The zero-order valence-electron chi connectivity index (χ0n) is 17.0. The van der Waals surface area contributed by atoms with Crippen LogP contribution >= 0.6 is 11.8 Å². The van der Waals surface area contributed by atoms with Gasteiger partial charge in [-0.05, 0) is 48.4 Å². The molecule has 156 valence electrons. The van der Waals surface area contributed by atoms with Crippen LogP contribution in [0.25, 0.3) is 0 Å². The predicted octanol–water partition coefficient (Wildman–Crippen LogP) is 5.79. The molecule has 0 saturated carbocycles. The molecular formula is C24H24FNO3S. The zero-order chi connectivity index (χ0) is 21.1. The van der Waals surface area contributed by atoms with Crippen molar-refractivity contribution in [2.75, 3.05) is 25.7 Å². The van der Waals surface area contributed by atoms with E-state index in [0.29, 0.717) is 12.3 Å². The Balaban J connectivity index is 1.70. The number of aromatic hydroxyl groups is 1. The third kappa shape index (κ3) is 4.19. The van der Waals surface area contributed by atoms with E-state index in [0.717, 1.165) is 40.4 Å². The van der Waals surface area contributed by atoms with Crippen LogP contribution in [0.3, 0.4) is 0 Å². The molecule has 3 aromatic carbocycles. The van der Waals surface area contributed by atoms with Crippen molar-refractivity contribution in [2.45, 2.75) is 23.1 Å². The smallest absolute Gasteiger partial charge is 0.162 e. The molecule has 1 aliphatic heterocycles. The number of thioether (sulfide) groups is 1. The maximum atomic E-state index is 13.8. The Morgan fingerprint density at radius 3 is 2.67 bits per heavy atom. The Kier molecular flexibility index (Phi) is 6.04. The topological polar surface area (TPSA) is 41.9 Å². The first kappa shape index (κ1) is 20.4. The van der Waals surface area contributed by atoms with Crippen molar-refractivity contribution < 1.29 is 19.0 Å². The molecule has 0 amide bonds. The van der Waals surface area contributed by atoms with Crippen molar-refractivity contribution in [3.05, 3.63) is 77.6 Å². The van der Waals surface area contributed by atoms with E-state index in [1.165, 1.54) is 6.07 Å². The van der Waals surface area contributed by atoms with Crippen LogP contribution < -0.4 is 14.4 Å². The molecule has 4 rings (SSSR count). The van der Waals surface area contributed by atoms with Crippen molar-refractivity contribution in [1.29, 1.82) is 0 Å². The number of phenols is 1. The van der Waals surface area contributed by atoms with E-state index in [1.54, 1.807) is 44.2 Å². The number of anilines is 1. The van der Waals surface area contributed by atoms with E-state index in [4.69, 9.17) is 9.47 Å². The second kappa shape index (κ2) is 8.88. The summed E-state index contributed by atoms with van der Waals surface area (Å²) < 4.78 is 24.5. The van der Waals surface area contributed by atoms with Crippen molar-refractivity contribution >= 4 is 17.4 Å². The molecule has 6 heteroatoms. The summed E-state index contributed by atoms with van der Waals surface area (Å²) in [6.45, 7) is 1.31. The number of benzene rings is 3. The number of fused-ring (bicyclic) bond motifs is 1. The second-order valence-electron chi connectivity index (χ2n) is 7.17.